The molecule has 0 saturated carbocycles. The summed E-state index contributed by atoms with van der Waals surface area (Å²) < 4.78 is 0. The highest BCUT2D eigenvalue weighted by atomic mass is 35.5. The van der Waals surface area contributed by atoms with Gasteiger partial charge in [0, 0.05) is 28.0 Å². The summed E-state index contributed by atoms with van der Waals surface area (Å²) >= 11 is 12.4. The first kappa shape index (κ1) is 10.2. The van der Waals surface area contributed by atoms with Crippen LogP contribution in [0.2, 0.25) is 5.02 Å². The van der Waals surface area contributed by atoms with Gasteiger partial charge in [-0.1, -0.05) is 35.9 Å². The summed E-state index contributed by atoms with van der Waals surface area (Å²) in [7, 11) is 0. The van der Waals surface area contributed by atoms with E-state index in [4.69, 9.17) is 23.2 Å². The predicted octanol–water partition coefficient (Wildman–Crippen LogP) is 4.07. The minimum Gasteiger partial charge on any atom is -0.383 e. The summed E-state index contributed by atoms with van der Waals surface area (Å²) in [6, 6.07) is 10.2. The smallest absolute Gasteiger partial charge is 0.0549 e. The molecule has 0 aliphatic carbocycles. The van der Waals surface area contributed by atoms with E-state index < -0.39 is 0 Å². The van der Waals surface area contributed by atoms with Crippen LogP contribution in [0.25, 0.3) is 10.8 Å². The van der Waals surface area contributed by atoms with Crippen molar-refractivity contribution in [3.63, 3.8) is 0 Å². The number of anilines is 1. The lowest BCUT2D eigenvalue weighted by atomic mass is 9.97. The zero-order valence-electron chi connectivity index (χ0n) is 8.63. The zero-order valence-corrected chi connectivity index (χ0v) is 10.1. The van der Waals surface area contributed by atoms with Crippen molar-refractivity contribution in [2.45, 2.75) is 11.8 Å². The van der Waals surface area contributed by atoms with Crippen LogP contribution in [-0.2, 0) is 6.42 Å². The molecule has 3 heteroatoms. The van der Waals surface area contributed by atoms with E-state index >= 15 is 0 Å². The second kappa shape index (κ2) is 3.83. The highest BCUT2D eigenvalue weighted by Crippen LogP contribution is 2.36. The van der Waals surface area contributed by atoms with Crippen LogP contribution in [0.3, 0.4) is 0 Å². The maximum Gasteiger partial charge on any atom is 0.0549 e. The number of hydrogen-bond acceptors (Lipinski definition) is 1. The van der Waals surface area contributed by atoms with Crippen LogP contribution in [0.5, 0.6) is 0 Å². The third-order valence-electron chi connectivity index (χ3n) is 3.02. The summed E-state index contributed by atoms with van der Waals surface area (Å²) in [5.41, 5.74) is 2.41. The van der Waals surface area contributed by atoms with Gasteiger partial charge in [-0.3, -0.25) is 0 Å². The molecule has 1 aliphatic heterocycles. The van der Waals surface area contributed by atoms with Crippen LogP contribution < -0.4 is 5.32 Å². The van der Waals surface area contributed by atoms with Gasteiger partial charge in [-0.05, 0) is 18.1 Å². The molecule has 1 unspecified atom stereocenters. The maximum atomic E-state index is 6.27. The Hall–Kier alpha value is -0.920. The SMILES string of the molecule is Clc1cc2c(c3ccccc13)NCC(Cl)C2. The molecule has 0 aromatic heterocycles. The third-order valence-corrected chi connectivity index (χ3v) is 3.64. The van der Waals surface area contributed by atoms with Crippen molar-refractivity contribution in [3.05, 3.63) is 40.9 Å². The summed E-state index contributed by atoms with van der Waals surface area (Å²) in [5, 5.41) is 6.65. The molecular formula is C13H11Cl2N. The molecule has 1 atom stereocenters. The van der Waals surface area contributed by atoms with E-state index in [1.54, 1.807) is 0 Å². The van der Waals surface area contributed by atoms with E-state index in [0.29, 0.717) is 0 Å². The van der Waals surface area contributed by atoms with Crippen molar-refractivity contribution >= 4 is 39.7 Å². The number of fused-ring (bicyclic) bond motifs is 3. The van der Waals surface area contributed by atoms with Crippen LogP contribution in [0.15, 0.2) is 30.3 Å². The normalized spacial score (nSPS) is 19.2. The highest BCUT2D eigenvalue weighted by Gasteiger charge is 2.19. The lowest BCUT2D eigenvalue weighted by Crippen LogP contribution is -2.23. The van der Waals surface area contributed by atoms with Crippen LogP contribution in [0.1, 0.15) is 5.56 Å². The van der Waals surface area contributed by atoms with Crippen molar-refractivity contribution in [2.24, 2.45) is 0 Å². The fourth-order valence-electron chi connectivity index (χ4n) is 2.28. The first-order chi connectivity index (χ1) is 7.75. The molecule has 1 N–H and O–H groups in total. The van der Waals surface area contributed by atoms with Gasteiger partial charge in [-0.15, -0.1) is 11.6 Å². The molecule has 0 fully saturated rings. The first-order valence-corrected chi connectivity index (χ1v) is 6.15. The number of alkyl halides is 1. The molecule has 82 valence electrons. The van der Waals surface area contributed by atoms with Gasteiger partial charge in [0.05, 0.1) is 5.38 Å². The van der Waals surface area contributed by atoms with E-state index in [1.165, 1.54) is 16.6 Å². The van der Waals surface area contributed by atoms with Crippen molar-refractivity contribution in [1.29, 1.82) is 0 Å². The van der Waals surface area contributed by atoms with Gasteiger partial charge in [0.2, 0.25) is 0 Å². The number of benzene rings is 2. The van der Waals surface area contributed by atoms with Crippen molar-refractivity contribution in [1.82, 2.24) is 0 Å². The maximum absolute atomic E-state index is 6.27. The van der Waals surface area contributed by atoms with Gasteiger partial charge in [-0.2, -0.15) is 0 Å². The zero-order chi connectivity index (χ0) is 11.1. The average molecular weight is 252 g/mol. The largest absolute Gasteiger partial charge is 0.383 e. The van der Waals surface area contributed by atoms with Gasteiger partial charge in [-0.25, -0.2) is 0 Å². The second-order valence-electron chi connectivity index (χ2n) is 4.12. The van der Waals surface area contributed by atoms with Gasteiger partial charge in [0.25, 0.3) is 0 Å². The molecule has 1 aliphatic rings. The second-order valence-corrected chi connectivity index (χ2v) is 5.14. The molecule has 16 heavy (non-hydrogen) atoms. The first-order valence-electron chi connectivity index (χ1n) is 5.34. The van der Waals surface area contributed by atoms with Gasteiger partial charge in [0.1, 0.15) is 0 Å². The van der Waals surface area contributed by atoms with E-state index in [0.717, 1.165) is 23.4 Å². The summed E-state index contributed by atoms with van der Waals surface area (Å²) in [6.07, 6.45) is 0.883. The summed E-state index contributed by atoms with van der Waals surface area (Å²) in [4.78, 5) is 0. The minimum atomic E-state index is 0.157. The molecule has 0 saturated heterocycles. The van der Waals surface area contributed by atoms with Crippen molar-refractivity contribution in [3.8, 4) is 0 Å². The van der Waals surface area contributed by atoms with Crippen molar-refractivity contribution in [2.75, 3.05) is 11.9 Å². The number of nitrogens with one attached hydrogen (secondary N) is 1. The summed E-state index contributed by atoms with van der Waals surface area (Å²) in [5.74, 6) is 0. The number of halogens is 2. The molecule has 3 rings (SSSR count). The fourth-order valence-corrected chi connectivity index (χ4v) is 2.82. The average Bonchev–Trinajstić information content (AvgIpc) is 2.29. The predicted molar refractivity (Wildman–Crippen MR) is 70.8 cm³/mol. The Morgan fingerprint density at radius 3 is 2.75 bits per heavy atom. The van der Waals surface area contributed by atoms with E-state index in [1.807, 2.05) is 24.3 Å². The fraction of sp³-hybridized carbons (Fsp3) is 0.231. The number of rotatable bonds is 0. The van der Waals surface area contributed by atoms with Crippen molar-refractivity contribution < 1.29 is 0 Å². The quantitative estimate of drug-likeness (QED) is 0.697. The third kappa shape index (κ3) is 1.55. The molecule has 0 bridgehead atoms. The number of hydrogen-bond donors (Lipinski definition) is 1. The Balaban J connectivity index is 2.31. The Labute approximate surface area is 104 Å². The summed E-state index contributed by atoms with van der Waals surface area (Å²) in [6.45, 7) is 0.820. The molecule has 2 aromatic rings. The Kier molecular flexibility index (Phi) is 2.45. The molecule has 1 heterocycles. The van der Waals surface area contributed by atoms with E-state index in [-0.39, 0.29) is 5.38 Å². The molecular weight excluding hydrogens is 241 g/mol. The van der Waals surface area contributed by atoms with Crippen LogP contribution >= 0.6 is 23.2 Å². The molecule has 1 nitrogen and oxygen atoms in total. The Bertz CT molecular complexity index is 551. The Morgan fingerprint density at radius 1 is 1.19 bits per heavy atom. The van der Waals surface area contributed by atoms with Gasteiger partial charge in [0.15, 0.2) is 0 Å². The standard InChI is InChI=1S/C13H11Cl2N/c14-9-5-8-6-12(15)10-3-1-2-4-11(10)13(8)16-7-9/h1-4,6,9,16H,5,7H2. The molecule has 2 aromatic carbocycles. The minimum absolute atomic E-state index is 0.157. The lowest BCUT2D eigenvalue weighted by Gasteiger charge is -2.24. The molecule has 0 radical (unpaired) electrons. The molecule has 0 spiro atoms. The van der Waals surface area contributed by atoms with Crippen LogP contribution in [0, 0.1) is 0 Å². The monoisotopic (exact) mass is 251 g/mol. The Morgan fingerprint density at radius 2 is 1.94 bits per heavy atom. The van der Waals surface area contributed by atoms with E-state index in [2.05, 4.69) is 11.4 Å². The van der Waals surface area contributed by atoms with Crippen LogP contribution in [0.4, 0.5) is 5.69 Å². The highest BCUT2D eigenvalue weighted by molar-refractivity contribution is 6.36. The lowest BCUT2D eigenvalue weighted by molar-refractivity contribution is 0.843. The topological polar surface area (TPSA) is 12.0 Å². The van der Waals surface area contributed by atoms with Crippen LogP contribution in [-0.4, -0.2) is 11.9 Å². The molecule has 0 amide bonds. The van der Waals surface area contributed by atoms with E-state index in [9.17, 15) is 0 Å². The van der Waals surface area contributed by atoms with Gasteiger partial charge >= 0.3 is 0 Å². The van der Waals surface area contributed by atoms with Gasteiger partial charge < -0.3 is 5.32 Å².